The summed E-state index contributed by atoms with van der Waals surface area (Å²) < 4.78 is 30.5. The number of sulfonamides is 1. The molecule has 0 bridgehead atoms. The van der Waals surface area contributed by atoms with E-state index in [-0.39, 0.29) is 20.9 Å². The molecule has 1 N–H and O–H groups in total. The Balaban J connectivity index is 1.76. The van der Waals surface area contributed by atoms with Crippen LogP contribution in [0.3, 0.4) is 0 Å². The average molecular weight is 487 g/mol. The molecule has 3 rings (SSSR count). The number of amides is 1. The lowest BCUT2D eigenvalue weighted by molar-refractivity contribution is -0.114. The van der Waals surface area contributed by atoms with Gasteiger partial charge in [-0.05, 0) is 36.4 Å². The molecule has 30 heavy (non-hydrogen) atoms. The van der Waals surface area contributed by atoms with E-state index in [0.29, 0.717) is 10.8 Å². The van der Waals surface area contributed by atoms with Crippen molar-refractivity contribution in [3.05, 3.63) is 52.5 Å². The van der Waals surface area contributed by atoms with Gasteiger partial charge < -0.3 is 4.74 Å². The first-order valence-corrected chi connectivity index (χ1v) is 11.8. The van der Waals surface area contributed by atoms with Gasteiger partial charge >= 0.3 is 0 Å². The third-order valence-corrected chi connectivity index (χ3v) is 6.72. The lowest BCUT2D eigenvalue weighted by atomic mass is 10.2. The summed E-state index contributed by atoms with van der Waals surface area (Å²) in [5, 5.41) is 11.6. The zero-order chi connectivity index (χ0) is 21.9. The number of methoxy groups -OCH3 is 1. The second-order valence-electron chi connectivity index (χ2n) is 6.03. The minimum Gasteiger partial charge on any atom is -0.497 e. The maximum absolute atomic E-state index is 12.5. The third kappa shape index (κ3) is 5.20. The van der Waals surface area contributed by atoms with Crippen molar-refractivity contribution >= 4 is 61.3 Å². The van der Waals surface area contributed by atoms with Crippen LogP contribution in [0.15, 0.2) is 42.5 Å². The molecule has 1 aromatic heterocycles. The van der Waals surface area contributed by atoms with Gasteiger partial charge in [0.25, 0.3) is 0 Å². The molecule has 1 amide bonds. The van der Waals surface area contributed by atoms with Gasteiger partial charge in [0, 0.05) is 5.56 Å². The molecule has 0 unspecified atom stereocenters. The first-order valence-electron chi connectivity index (χ1n) is 8.38. The number of anilines is 2. The topological polar surface area (TPSA) is 101 Å². The van der Waals surface area contributed by atoms with Crippen molar-refractivity contribution < 1.29 is 17.9 Å². The Morgan fingerprint density at radius 2 is 1.87 bits per heavy atom. The number of benzene rings is 2. The summed E-state index contributed by atoms with van der Waals surface area (Å²) in [5.74, 6) is 0.103. The summed E-state index contributed by atoms with van der Waals surface area (Å²) in [6.45, 7) is -0.504. The molecular formula is C18H16Cl2N4O4S2. The monoisotopic (exact) mass is 486 g/mol. The van der Waals surface area contributed by atoms with E-state index in [4.69, 9.17) is 27.9 Å². The number of nitrogens with zero attached hydrogens (tertiary/aromatic N) is 3. The maximum Gasteiger partial charge on any atom is 0.246 e. The summed E-state index contributed by atoms with van der Waals surface area (Å²) in [7, 11) is -2.23. The molecule has 8 nitrogen and oxygen atoms in total. The number of hydrogen-bond acceptors (Lipinski definition) is 7. The van der Waals surface area contributed by atoms with Gasteiger partial charge in [0.1, 0.15) is 17.3 Å². The van der Waals surface area contributed by atoms with Gasteiger partial charge in [0.15, 0.2) is 0 Å². The molecule has 2 aromatic carbocycles. The van der Waals surface area contributed by atoms with Crippen LogP contribution in [0.25, 0.3) is 10.6 Å². The second kappa shape index (κ2) is 9.17. The molecule has 12 heteroatoms. The van der Waals surface area contributed by atoms with Gasteiger partial charge in [-0.1, -0.05) is 40.6 Å². The quantitative estimate of drug-likeness (QED) is 0.542. The summed E-state index contributed by atoms with van der Waals surface area (Å²) in [5.41, 5.74) is 0.912. The zero-order valence-corrected chi connectivity index (χ0v) is 18.9. The molecule has 0 saturated heterocycles. The second-order valence-corrected chi connectivity index (χ2v) is 9.70. The first kappa shape index (κ1) is 22.3. The number of hydrogen-bond donors (Lipinski definition) is 1. The van der Waals surface area contributed by atoms with E-state index in [2.05, 4.69) is 15.5 Å². The number of ether oxygens (including phenoxy) is 1. The fraction of sp³-hybridized carbons (Fsp3) is 0.167. The van der Waals surface area contributed by atoms with Crippen molar-refractivity contribution in [3.63, 3.8) is 0 Å². The molecule has 158 valence electrons. The SMILES string of the molecule is COc1ccc(-c2nnc(NC(=O)CN(c3cccc(Cl)c3Cl)S(C)(=O)=O)s2)cc1. The normalized spacial score (nSPS) is 11.2. The average Bonchev–Trinajstić information content (AvgIpc) is 3.16. The number of nitrogens with one attached hydrogen (secondary N) is 1. The summed E-state index contributed by atoms with van der Waals surface area (Å²) >= 11 is 13.3. The van der Waals surface area contributed by atoms with E-state index in [0.717, 1.165) is 27.5 Å². The summed E-state index contributed by atoms with van der Waals surface area (Å²) in [6.07, 6.45) is 0.976. The van der Waals surface area contributed by atoms with Crippen LogP contribution in [0.1, 0.15) is 0 Å². The fourth-order valence-electron chi connectivity index (χ4n) is 2.48. The van der Waals surface area contributed by atoms with E-state index in [1.165, 1.54) is 12.1 Å². The van der Waals surface area contributed by atoms with Crippen molar-refractivity contribution in [2.75, 3.05) is 29.5 Å². The van der Waals surface area contributed by atoms with Crippen molar-refractivity contribution in [2.24, 2.45) is 0 Å². The van der Waals surface area contributed by atoms with Crippen molar-refractivity contribution in [1.82, 2.24) is 10.2 Å². The Hall–Kier alpha value is -2.40. The highest BCUT2D eigenvalue weighted by atomic mass is 35.5. The minimum atomic E-state index is -3.80. The third-order valence-electron chi connectivity index (χ3n) is 3.90. The maximum atomic E-state index is 12.5. The molecule has 0 radical (unpaired) electrons. The van der Waals surface area contributed by atoms with E-state index in [9.17, 15) is 13.2 Å². The Labute approximate surface area is 187 Å². The number of carbonyl (C=O) groups excluding carboxylic acids is 1. The van der Waals surface area contributed by atoms with Crippen LogP contribution >= 0.6 is 34.5 Å². The standard InChI is InChI=1S/C18H16Cl2N4O4S2/c1-28-12-8-6-11(7-9-12)17-22-23-18(29-17)21-15(25)10-24(30(2,26)27)14-5-3-4-13(19)16(14)20/h3-9H,10H2,1-2H3,(H,21,23,25). The predicted octanol–water partition coefficient (Wildman–Crippen LogP) is 3.93. The zero-order valence-electron chi connectivity index (χ0n) is 15.8. The molecule has 3 aromatic rings. The summed E-state index contributed by atoms with van der Waals surface area (Å²) in [6, 6.07) is 11.7. The number of carbonyl (C=O) groups is 1. The summed E-state index contributed by atoms with van der Waals surface area (Å²) in [4.78, 5) is 12.5. The number of aromatic nitrogens is 2. The van der Waals surface area contributed by atoms with Crippen LogP contribution in [0, 0.1) is 0 Å². The Morgan fingerprint density at radius 1 is 1.17 bits per heavy atom. The highest BCUT2D eigenvalue weighted by Gasteiger charge is 2.24. The molecule has 1 heterocycles. The highest BCUT2D eigenvalue weighted by Crippen LogP contribution is 2.34. The van der Waals surface area contributed by atoms with Gasteiger partial charge in [0.2, 0.25) is 21.1 Å². The van der Waals surface area contributed by atoms with E-state index in [1.807, 2.05) is 12.1 Å². The minimum absolute atomic E-state index is 0.0371. The van der Waals surface area contributed by atoms with Crippen LogP contribution in [0.4, 0.5) is 10.8 Å². The van der Waals surface area contributed by atoms with E-state index < -0.39 is 22.5 Å². The van der Waals surface area contributed by atoms with E-state index in [1.54, 1.807) is 25.3 Å². The van der Waals surface area contributed by atoms with Crippen LogP contribution in [-0.2, 0) is 14.8 Å². The van der Waals surface area contributed by atoms with Crippen molar-refractivity contribution in [3.8, 4) is 16.3 Å². The predicted molar refractivity (Wildman–Crippen MR) is 119 cm³/mol. The molecule has 0 spiro atoms. The molecule has 0 aliphatic carbocycles. The lowest BCUT2D eigenvalue weighted by Gasteiger charge is -2.22. The van der Waals surface area contributed by atoms with Crippen LogP contribution in [-0.4, -0.2) is 44.4 Å². The van der Waals surface area contributed by atoms with Gasteiger partial charge in [-0.25, -0.2) is 8.42 Å². The largest absolute Gasteiger partial charge is 0.497 e. The molecule has 0 atom stereocenters. The molecule has 0 fully saturated rings. The van der Waals surface area contributed by atoms with Crippen molar-refractivity contribution in [2.45, 2.75) is 0 Å². The van der Waals surface area contributed by atoms with Gasteiger partial charge in [0.05, 0.1) is 29.1 Å². The van der Waals surface area contributed by atoms with Gasteiger partial charge in [-0.3, -0.25) is 14.4 Å². The van der Waals surface area contributed by atoms with Crippen LogP contribution < -0.4 is 14.4 Å². The van der Waals surface area contributed by atoms with Crippen LogP contribution in [0.5, 0.6) is 5.75 Å². The Morgan fingerprint density at radius 3 is 2.50 bits per heavy atom. The Bertz CT molecular complexity index is 1170. The highest BCUT2D eigenvalue weighted by molar-refractivity contribution is 7.92. The van der Waals surface area contributed by atoms with Crippen LogP contribution in [0.2, 0.25) is 10.0 Å². The molecule has 0 saturated carbocycles. The van der Waals surface area contributed by atoms with E-state index >= 15 is 0 Å². The first-order chi connectivity index (χ1) is 14.2. The number of halogens is 2. The molecule has 0 aliphatic heterocycles. The van der Waals surface area contributed by atoms with Gasteiger partial charge in [-0.15, -0.1) is 10.2 Å². The smallest absolute Gasteiger partial charge is 0.246 e. The van der Waals surface area contributed by atoms with Crippen molar-refractivity contribution in [1.29, 1.82) is 0 Å². The Kier molecular flexibility index (Phi) is 6.81. The van der Waals surface area contributed by atoms with Gasteiger partial charge in [-0.2, -0.15) is 0 Å². The molecular weight excluding hydrogens is 471 g/mol. The molecule has 0 aliphatic rings. The number of rotatable bonds is 7. The lowest BCUT2D eigenvalue weighted by Crippen LogP contribution is -2.37. The fourth-order valence-corrected chi connectivity index (χ4v) is 4.55.